The summed E-state index contributed by atoms with van der Waals surface area (Å²) in [6.07, 6.45) is 5.27. The van der Waals surface area contributed by atoms with Gasteiger partial charge in [-0.3, -0.25) is 4.79 Å². The zero-order valence-electron chi connectivity index (χ0n) is 9.53. The molecular weight excluding hydrogens is 208 g/mol. The van der Waals surface area contributed by atoms with Crippen molar-refractivity contribution in [3.8, 4) is 0 Å². The molecule has 1 rings (SSSR count). The van der Waals surface area contributed by atoms with Gasteiger partial charge in [0.2, 0.25) is 5.76 Å². The highest BCUT2D eigenvalue weighted by Crippen LogP contribution is 2.05. The lowest BCUT2D eigenvalue weighted by Crippen LogP contribution is -2.24. The van der Waals surface area contributed by atoms with Crippen molar-refractivity contribution in [2.24, 2.45) is 0 Å². The van der Waals surface area contributed by atoms with Gasteiger partial charge in [-0.25, -0.2) is 0 Å². The molecule has 0 fully saturated rings. The van der Waals surface area contributed by atoms with Crippen LogP contribution in [0.15, 0.2) is 10.7 Å². The molecule has 90 valence electrons. The zero-order chi connectivity index (χ0) is 11.8. The summed E-state index contributed by atoms with van der Waals surface area (Å²) in [5, 5.41) is 14.9. The summed E-state index contributed by atoms with van der Waals surface area (Å²) in [5.41, 5.74) is 0.748. The van der Waals surface area contributed by atoms with Crippen molar-refractivity contribution in [2.75, 3.05) is 13.2 Å². The predicted molar refractivity (Wildman–Crippen MR) is 59.1 cm³/mol. The Hall–Kier alpha value is -1.36. The molecule has 2 N–H and O–H groups in total. The first kappa shape index (κ1) is 12.7. The fourth-order valence-electron chi connectivity index (χ4n) is 1.38. The molecule has 1 heterocycles. The molecule has 1 amide bonds. The lowest BCUT2D eigenvalue weighted by atomic mass is 10.2. The average Bonchev–Trinajstić information content (AvgIpc) is 2.69. The molecule has 0 spiro atoms. The number of carbonyl (C=O) groups excluding carboxylic acids is 1. The van der Waals surface area contributed by atoms with E-state index in [4.69, 9.17) is 9.63 Å². The van der Waals surface area contributed by atoms with Crippen LogP contribution in [0.25, 0.3) is 0 Å². The van der Waals surface area contributed by atoms with E-state index in [1.54, 1.807) is 6.92 Å². The molecule has 5 heteroatoms. The van der Waals surface area contributed by atoms with E-state index in [0.29, 0.717) is 6.54 Å². The third-order valence-electron chi connectivity index (χ3n) is 2.33. The Morgan fingerprint density at radius 1 is 1.44 bits per heavy atom. The van der Waals surface area contributed by atoms with Crippen LogP contribution in [0.5, 0.6) is 0 Å². The summed E-state index contributed by atoms with van der Waals surface area (Å²) in [6.45, 7) is 2.65. The Balaban J connectivity index is 2.14. The van der Waals surface area contributed by atoms with Gasteiger partial charge in [0.15, 0.2) is 0 Å². The SMILES string of the molecule is Cc1cnoc1C(=O)NCCCCCCO. The van der Waals surface area contributed by atoms with Gasteiger partial charge in [-0.05, 0) is 19.8 Å². The standard InChI is InChI=1S/C11H18N2O3/c1-9-8-13-16-10(9)11(15)12-6-4-2-3-5-7-14/h8,14H,2-7H2,1H3,(H,12,15). The van der Waals surface area contributed by atoms with Gasteiger partial charge in [0.25, 0.3) is 5.91 Å². The summed E-state index contributed by atoms with van der Waals surface area (Å²) in [7, 11) is 0. The molecule has 1 aromatic heterocycles. The highest BCUT2D eigenvalue weighted by Gasteiger charge is 2.12. The van der Waals surface area contributed by atoms with Crippen LogP contribution in [0.1, 0.15) is 41.8 Å². The number of hydrogen-bond acceptors (Lipinski definition) is 4. The zero-order valence-corrected chi connectivity index (χ0v) is 9.53. The maximum absolute atomic E-state index is 11.5. The van der Waals surface area contributed by atoms with Crippen molar-refractivity contribution in [2.45, 2.75) is 32.6 Å². The van der Waals surface area contributed by atoms with Crippen LogP contribution in [0, 0.1) is 6.92 Å². The molecule has 0 radical (unpaired) electrons. The summed E-state index contributed by atoms with van der Waals surface area (Å²) in [6, 6.07) is 0. The first-order valence-corrected chi connectivity index (χ1v) is 5.56. The van der Waals surface area contributed by atoms with Crippen LogP contribution in [0.2, 0.25) is 0 Å². The molecule has 0 atom stereocenters. The lowest BCUT2D eigenvalue weighted by molar-refractivity contribution is 0.0915. The summed E-state index contributed by atoms with van der Waals surface area (Å²) in [5.74, 6) is 0.0764. The fraction of sp³-hybridized carbons (Fsp3) is 0.636. The Labute approximate surface area is 94.8 Å². The molecule has 0 unspecified atom stereocenters. The number of aliphatic hydroxyl groups excluding tert-OH is 1. The molecule has 1 aromatic rings. The Kier molecular flexibility index (Phi) is 5.56. The van der Waals surface area contributed by atoms with Crippen molar-refractivity contribution in [1.82, 2.24) is 10.5 Å². The fourth-order valence-corrected chi connectivity index (χ4v) is 1.38. The first-order valence-electron chi connectivity index (χ1n) is 5.56. The number of nitrogens with zero attached hydrogens (tertiary/aromatic N) is 1. The smallest absolute Gasteiger partial charge is 0.290 e. The minimum absolute atomic E-state index is 0.211. The lowest BCUT2D eigenvalue weighted by Gasteiger charge is -2.02. The quantitative estimate of drug-likeness (QED) is 0.686. The number of unbranched alkanes of at least 4 members (excludes halogenated alkanes) is 3. The molecule has 0 saturated heterocycles. The van der Waals surface area contributed by atoms with E-state index in [1.807, 2.05) is 0 Å². The molecule has 0 saturated carbocycles. The topological polar surface area (TPSA) is 75.4 Å². The minimum Gasteiger partial charge on any atom is -0.396 e. The van der Waals surface area contributed by atoms with E-state index < -0.39 is 0 Å². The van der Waals surface area contributed by atoms with Crippen LogP contribution >= 0.6 is 0 Å². The Morgan fingerprint density at radius 2 is 2.19 bits per heavy atom. The third kappa shape index (κ3) is 4.02. The van der Waals surface area contributed by atoms with Gasteiger partial charge in [0.05, 0.1) is 6.20 Å². The monoisotopic (exact) mass is 226 g/mol. The second kappa shape index (κ2) is 7.00. The molecule has 0 aliphatic heterocycles. The normalized spacial score (nSPS) is 10.4. The maximum atomic E-state index is 11.5. The predicted octanol–water partition coefficient (Wildman–Crippen LogP) is 1.27. The molecule has 0 aromatic carbocycles. The van der Waals surface area contributed by atoms with Crippen LogP contribution in [-0.2, 0) is 0 Å². The third-order valence-corrected chi connectivity index (χ3v) is 2.33. The van der Waals surface area contributed by atoms with E-state index in [0.717, 1.165) is 31.2 Å². The van der Waals surface area contributed by atoms with E-state index >= 15 is 0 Å². The number of carbonyl (C=O) groups is 1. The number of amides is 1. The van der Waals surface area contributed by atoms with Crippen LogP contribution < -0.4 is 5.32 Å². The highest BCUT2D eigenvalue weighted by atomic mass is 16.5. The van der Waals surface area contributed by atoms with Crippen LogP contribution in [-0.4, -0.2) is 29.3 Å². The largest absolute Gasteiger partial charge is 0.396 e. The van der Waals surface area contributed by atoms with E-state index in [2.05, 4.69) is 10.5 Å². The van der Waals surface area contributed by atoms with E-state index in [1.165, 1.54) is 6.20 Å². The second-order valence-corrected chi connectivity index (χ2v) is 3.73. The van der Waals surface area contributed by atoms with Gasteiger partial charge in [0.1, 0.15) is 0 Å². The molecule has 0 aliphatic rings. The first-order chi connectivity index (χ1) is 7.75. The summed E-state index contributed by atoms with van der Waals surface area (Å²) >= 11 is 0. The van der Waals surface area contributed by atoms with Gasteiger partial charge in [-0.15, -0.1) is 0 Å². The molecule has 5 nitrogen and oxygen atoms in total. The maximum Gasteiger partial charge on any atom is 0.290 e. The van der Waals surface area contributed by atoms with Gasteiger partial charge >= 0.3 is 0 Å². The Bertz CT molecular complexity index is 323. The van der Waals surface area contributed by atoms with Crippen molar-refractivity contribution in [3.05, 3.63) is 17.5 Å². The van der Waals surface area contributed by atoms with Crippen molar-refractivity contribution < 1.29 is 14.4 Å². The molecule has 0 bridgehead atoms. The van der Waals surface area contributed by atoms with Crippen LogP contribution in [0.3, 0.4) is 0 Å². The highest BCUT2D eigenvalue weighted by molar-refractivity contribution is 5.92. The summed E-state index contributed by atoms with van der Waals surface area (Å²) in [4.78, 5) is 11.5. The summed E-state index contributed by atoms with van der Waals surface area (Å²) < 4.78 is 4.83. The molecular formula is C11H18N2O3. The Morgan fingerprint density at radius 3 is 2.81 bits per heavy atom. The van der Waals surface area contributed by atoms with Crippen LogP contribution in [0.4, 0.5) is 0 Å². The van der Waals surface area contributed by atoms with E-state index in [-0.39, 0.29) is 18.3 Å². The van der Waals surface area contributed by atoms with Crippen molar-refractivity contribution in [3.63, 3.8) is 0 Å². The van der Waals surface area contributed by atoms with E-state index in [9.17, 15) is 4.79 Å². The van der Waals surface area contributed by atoms with Gasteiger partial charge in [-0.2, -0.15) is 0 Å². The van der Waals surface area contributed by atoms with Gasteiger partial charge in [-0.1, -0.05) is 18.0 Å². The van der Waals surface area contributed by atoms with Crippen molar-refractivity contribution >= 4 is 5.91 Å². The number of aryl methyl sites for hydroxylation is 1. The van der Waals surface area contributed by atoms with Gasteiger partial charge < -0.3 is 14.9 Å². The number of nitrogens with one attached hydrogen (secondary N) is 1. The average molecular weight is 226 g/mol. The number of rotatable bonds is 7. The minimum atomic E-state index is -0.211. The number of aliphatic hydroxyl groups is 1. The number of hydrogen-bond donors (Lipinski definition) is 2. The number of aromatic nitrogens is 1. The van der Waals surface area contributed by atoms with Gasteiger partial charge in [0, 0.05) is 18.7 Å². The van der Waals surface area contributed by atoms with Crippen molar-refractivity contribution in [1.29, 1.82) is 0 Å². The second-order valence-electron chi connectivity index (χ2n) is 3.73. The molecule has 16 heavy (non-hydrogen) atoms. The molecule has 0 aliphatic carbocycles.